The van der Waals surface area contributed by atoms with Gasteiger partial charge in [0.2, 0.25) is 5.88 Å². The molecule has 1 aromatic carbocycles. The van der Waals surface area contributed by atoms with E-state index in [4.69, 9.17) is 9.47 Å². The van der Waals surface area contributed by atoms with Crippen LogP contribution in [0, 0.1) is 24.4 Å². The van der Waals surface area contributed by atoms with E-state index in [0.717, 1.165) is 50.8 Å². The lowest BCUT2D eigenvalue weighted by Crippen LogP contribution is -2.32. The molecule has 180 valence electrons. The van der Waals surface area contributed by atoms with Gasteiger partial charge in [0.15, 0.2) is 17.2 Å². The third-order valence-corrected chi connectivity index (χ3v) is 5.95. The maximum atomic E-state index is 14.1. The number of hydrogen-bond acceptors (Lipinski definition) is 7. The molecule has 0 radical (unpaired) electrons. The first-order chi connectivity index (χ1) is 15.8. The Kier molecular flexibility index (Phi) is 8.50. The first-order valence-corrected chi connectivity index (χ1v) is 11.2. The number of methoxy groups -OCH3 is 1. The molecule has 2 aromatic rings. The van der Waals surface area contributed by atoms with Crippen LogP contribution >= 0.6 is 11.5 Å². The summed E-state index contributed by atoms with van der Waals surface area (Å²) in [7, 11) is 1.13. The van der Waals surface area contributed by atoms with Crippen LogP contribution in [0.15, 0.2) is 6.07 Å². The van der Waals surface area contributed by atoms with Gasteiger partial charge in [0, 0.05) is 6.54 Å². The number of esters is 1. The number of halogens is 3. The molecule has 33 heavy (non-hydrogen) atoms. The molecule has 0 saturated carbocycles. The zero-order chi connectivity index (χ0) is 24.0. The lowest BCUT2D eigenvalue weighted by atomic mass is 10.1. The molecule has 0 spiro atoms. The Balaban J connectivity index is 1.63. The van der Waals surface area contributed by atoms with E-state index in [-0.39, 0.29) is 22.0 Å². The number of aryl methyl sites for hydroxylation is 1. The number of aromatic nitrogens is 1. The van der Waals surface area contributed by atoms with Crippen LogP contribution in [0.2, 0.25) is 0 Å². The smallest absolute Gasteiger partial charge is 0.346 e. The molecule has 1 aliphatic heterocycles. The van der Waals surface area contributed by atoms with Gasteiger partial charge >= 0.3 is 12.0 Å². The second kappa shape index (κ2) is 11.3. The topological polar surface area (TPSA) is 92.8 Å². The number of amides is 2. The maximum absolute atomic E-state index is 14.1. The van der Waals surface area contributed by atoms with Crippen molar-refractivity contribution in [1.82, 2.24) is 14.6 Å². The van der Waals surface area contributed by atoms with Crippen molar-refractivity contribution in [2.75, 3.05) is 38.6 Å². The van der Waals surface area contributed by atoms with E-state index in [2.05, 4.69) is 19.9 Å². The molecule has 0 aliphatic carbocycles. The number of carbonyl (C=O) groups excluding carboxylic acids is 2. The van der Waals surface area contributed by atoms with Gasteiger partial charge < -0.3 is 19.7 Å². The fourth-order valence-corrected chi connectivity index (χ4v) is 4.14. The minimum Gasteiger partial charge on any atom is -0.471 e. The quantitative estimate of drug-likeness (QED) is 0.318. The summed E-state index contributed by atoms with van der Waals surface area (Å²) in [5.74, 6) is -4.72. The summed E-state index contributed by atoms with van der Waals surface area (Å²) in [5.41, 5.74) is -1.04. The van der Waals surface area contributed by atoms with Crippen LogP contribution < -0.4 is 15.4 Å². The molecule has 1 aromatic heterocycles. The first-order valence-electron chi connectivity index (χ1n) is 10.4. The van der Waals surface area contributed by atoms with Gasteiger partial charge in [-0.15, -0.1) is 0 Å². The predicted molar refractivity (Wildman–Crippen MR) is 116 cm³/mol. The van der Waals surface area contributed by atoms with Crippen molar-refractivity contribution >= 4 is 28.5 Å². The third kappa shape index (κ3) is 6.14. The maximum Gasteiger partial charge on any atom is 0.346 e. The normalized spacial score (nSPS) is 13.7. The van der Waals surface area contributed by atoms with Crippen LogP contribution in [0.5, 0.6) is 5.88 Å². The minimum absolute atomic E-state index is 0.0462. The van der Waals surface area contributed by atoms with E-state index < -0.39 is 41.6 Å². The van der Waals surface area contributed by atoms with Crippen molar-refractivity contribution in [2.45, 2.75) is 32.8 Å². The lowest BCUT2D eigenvalue weighted by Gasteiger charge is -2.14. The van der Waals surface area contributed by atoms with E-state index in [1.807, 2.05) is 0 Å². The standard InChI is InChI=1S/C21H25F3N4O4S/c1-12-10-14(22)13(17(24)16(12)23)11-32-18-15(20(29)31-2)19(33-27-18)26-21(30)25-6-5-9-28-7-3-4-8-28/h10H,3-9,11H2,1-2H3,(H2,25,26,30). The minimum atomic E-state index is -1.38. The SMILES string of the molecule is COC(=O)c1c(OCc2c(F)cc(C)c(F)c2F)nsc1NC(=O)NCCCN1CCCC1. The highest BCUT2D eigenvalue weighted by Gasteiger charge is 2.26. The fraction of sp³-hybridized carbons (Fsp3) is 0.476. The molecule has 0 unspecified atom stereocenters. The Morgan fingerprint density at radius 1 is 1.21 bits per heavy atom. The van der Waals surface area contributed by atoms with E-state index in [9.17, 15) is 22.8 Å². The molecule has 2 amide bonds. The second-order valence-electron chi connectivity index (χ2n) is 7.54. The number of likely N-dealkylation sites (tertiary alicyclic amines) is 1. The average Bonchev–Trinajstić information content (AvgIpc) is 3.44. The molecule has 1 fully saturated rings. The number of carbonyl (C=O) groups is 2. The number of urea groups is 1. The molecule has 3 rings (SSSR count). The Bertz CT molecular complexity index is 1010. The van der Waals surface area contributed by atoms with Gasteiger partial charge in [-0.3, -0.25) is 5.32 Å². The fourth-order valence-electron chi connectivity index (χ4n) is 3.42. The molecule has 1 aliphatic rings. The summed E-state index contributed by atoms with van der Waals surface area (Å²) in [4.78, 5) is 26.8. The van der Waals surface area contributed by atoms with E-state index in [0.29, 0.717) is 6.54 Å². The van der Waals surface area contributed by atoms with Gasteiger partial charge in [0.1, 0.15) is 17.4 Å². The van der Waals surface area contributed by atoms with Crippen LogP contribution in [0.1, 0.15) is 40.7 Å². The Morgan fingerprint density at radius 3 is 2.64 bits per heavy atom. The van der Waals surface area contributed by atoms with Crippen molar-refractivity contribution < 1.29 is 32.2 Å². The number of nitrogens with zero attached hydrogens (tertiary/aromatic N) is 2. The zero-order valence-corrected chi connectivity index (χ0v) is 19.1. The molecule has 2 N–H and O–H groups in total. The van der Waals surface area contributed by atoms with Crippen molar-refractivity contribution in [1.29, 1.82) is 0 Å². The molecule has 1 saturated heterocycles. The number of benzene rings is 1. The van der Waals surface area contributed by atoms with Crippen molar-refractivity contribution in [3.05, 3.63) is 40.2 Å². The molecule has 2 heterocycles. The lowest BCUT2D eigenvalue weighted by molar-refractivity contribution is 0.0596. The van der Waals surface area contributed by atoms with Crippen LogP contribution in [0.25, 0.3) is 0 Å². The molecule has 12 heteroatoms. The van der Waals surface area contributed by atoms with Gasteiger partial charge in [-0.1, -0.05) is 0 Å². The predicted octanol–water partition coefficient (Wildman–Crippen LogP) is 3.84. The van der Waals surface area contributed by atoms with Gasteiger partial charge in [0.25, 0.3) is 0 Å². The molecular weight excluding hydrogens is 461 g/mol. The van der Waals surface area contributed by atoms with Crippen LogP contribution in [-0.2, 0) is 11.3 Å². The second-order valence-corrected chi connectivity index (χ2v) is 8.31. The number of nitrogens with one attached hydrogen (secondary N) is 2. The molecular formula is C21H25F3N4O4S. The summed E-state index contributed by atoms with van der Waals surface area (Å²) in [6.07, 6.45) is 3.16. The Morgan fingerprint density at radius 2 is 1.94 bits per heavy atom. The molecule has 8 nitrogen and oxygen atoms in total. The number of ether oxygens (including phenoxy) is 2. The monoisotopic (exact) mass is 486 g/mol. The molecule has 0 bridgehead atoms. The summed E-state index contributed by atoms with van der Waals surface area (Å²) < 4.78 is 55.9. The van der Waals surface area contributed by atoms with Crippen molar-refractivity contribution in [3.8, 4) is 5.88 Å². The van der Waals surface area contributed by atoms with E-state index in [1.54, 1.807) is 0 Å². The van der Waals surface area contributed by atoms with Gasteiger partial charge in [-0.2, -0.15) is 4.37 Å². The third-order valence-electron chi connectivity index (χ3n) is 5.20. The highest BCUT2D eigenvalue weighted by molar-refractivity contribution is 7.11. The average molecular weight is 487 g/mol. The number of hydrogen-bond donors (Lipinski definition) is 2. The first kappa shape index (κ1) is 24.8. The largest absolute Gasteiger partial charge is 0.471 e. The summed E-state index contributed by atoms with van der Waals surface area (Å²) in [6.45, 7) is 3.99. The zero-order valence-electron chi connectivity index (χ0n) is 18.3. The van der Waals surface area contributed by atoms with Crippen molar-refractivity contribution in [3.63, 3.8) is 0 Å². The molecule has 0 atom stereocenters. The Labute approximate surface area is 193 Å². The van der Waals surface area contributed by atoms with Crippen molar-refractivity contribution in [2.24, 2.45) is 0 Å². The summed E-state index contributed by atoms with van der Waals surface area (Å²) in [5, 5.41) is 5.26. The van der Waals surface area contributed by atoms with E-state index in [1.165, 1.54) is 19.8 Å². The summed E-state index contributed by atoms with van der Waals surface area (Å²) in [6, 6.07) is 0.301. The van der Waals surface area contributed by atoms with Gasteiger partial charge in [0.05, 0.1) is 12.7 Å². The Hall–Kier alpha value is -2.86. The van der Waals surface area contributed by atoms with Crippen LogP contribution in [0.3, 0.4) is 0 Å². The van der Waals surface area contributed by atoms with Crippen LogP contribution in [-0.4, -0.2) is 54.6 Å². The van der Waals surface area contributed by atoms with Gasteiger partial charge in [-0.05, 0) is 69.0 Å². The highest BCUT2D eigenvalue weighted by atomic mass is 32.1. The van der Waals surface area contributed by atoms with Crippen LogP contribution in [0.4, 0.5) is 23.0 Å². The number of rotatable bonds is 9. The van der Waals surface area contributed by atoms with E-state index >= 15 is 0 Å². The van der Waals surface area contributed by atoms with Gasteiger partial charge in [-0.25, -0.2) is 22.8 Å². The highest BCUT2D eigenvalue weighted by Crippen LogP contribution is 2.32. The summed E-state index contributed by atoms with van der Waals surface area (Å²) >= 11 is 0.739. The number of anilines is 1.